The Bertz CT molecular complexity index is 505. The molecule has 0 atom stereocenters. The molecule has 3 rings (SSSR count). The van der Waals surface area contributed by atoms with Crippen molar-refractivity contribution in [2.24, 2.45) is 0 Å². The molecule has 3 heterocycles. The van der Waals surface area contributed by atoms with Crippen molar-refractivity contribution in [1.29, 1.82) is 0 Å². The lowest BCUT2D eigenvalue weighted by atomic mass is 10.2. The van der Waals surface area contributed by atoms with Gasteiger partial charge in [0.1, 0.15) is 5.69 Å². The third-order valence-corrected chi connectivity index (χ3v) is 2.04. The Kier molecular flexibility index (Phi) is 1.93. The summed E-state index contributed by atoms with van der Waals surface area (Å²) in [5.41, 5.74) is 2.73. The van der Waals surface area contributed by atoms with Gasteiger partial charge in [-0.25, -0.2) is 0 Å². The smallest absolute Gasteiger partial charge is 0.153 e. The van der Waals surface area contributed by atoms with Gasteiger partial charge in [-0.2, -0.15) is 0 Å². The van der Waals surface area contributed by atoms with Crippen LogP contribution in [-0.4, -0.2) is 25.7 Å². The zero-order chi connectivity index (χ0) is 10.8. The standard InChI is InChI=1S/C9H5N5O2/c1-2-7(9-5-16-14-12-9)10-3-6(1)8-4-15-13-11-8/h1-5H. The van der Waals surface area contributed by atoms with Crippen molar-refractivity contribution < 1.29 is 9.05 Å². The molecule has 0 amide bonds. The number of aromatic nitrogens is 5. The van der Waals surface area contributed by atoms with E-state index in [2.05, 4.69) is 34.8 Å². The molecule has 0 bridgehead atoms. The molecular weight excluding hydrogens is 210 g/mol. The molecule has 0 saturated heterocycles. The molecule has 16 heavy (non-hydrogen) atoms. The zero-order valence-corrected chi connectivity index (χ0v) is 7.94. The number of pyridine rings is 1. The van der Waals surface area contributed by atoms with Gasteiger partial charge in [0.25, 0.3) is 0 Å². The SMILES string of the molecule is c1cc(-c2conn2)ncc1-c1conn1. The van der Waals surface area contributed by atoms with Crippen molar-refractivity contribution >= 4 is 0 Å². The molecule has 3 aromatic heterocycles. The predicted molar refractivity (Wildman–Crippen MR) is 50.8 cm³/mol. The monoisotopic (exact) mass is 215 g/mol. The van der Waals surface area contributed by atoms with E-state index in [0.29, 0.717) is 17.1 Å². The number of hydrogen-bond donors (Lipinski definition) is 0. The van der Waals surface area contributed by atoms with Crippen LogP contribution in [0.1, 0.15) is 0 Å². The van der Waals surface area contributed by atoms with Crippen LogP contribution in [0.3, 0.4) is 0 Å². The number of hydrogen-bond acceptors (Lipinski definition) is 7. The van der Waals surface area contributed by atoms with Crippen LogP contribution in [0.15, 0.2) is 39.9 Å². The highest BCUT2D eigenvalue weighted by Crippen LogP contribution is 2.18. The maximum Gasteiger partial charge on any atom is 0.153 e. The summed E-state index contributed by atoms with van der Waals surface area (Å²) in [7, 11) is 0. The molecule has 0 aliphatic heterocycles. The average molecular weight is 215 g/mol. The molecule has 78 valence electrons. The molecule has 7 nitrogen and oxygen atoms in total. The van der Waals surface area contributed by atoms with Gasteiger partial charge in [0.15, 0.2) is 18.2 Å². The summed E-state index contributed by atoms with van der Waals surface area (Å²) in [5, 5.41) is 14.3. The fourth-order valence-electron chi connectivity index (χ4n) is 1.26. The van der Waals surface area contributed by atoms with Crippen molar-refractivity contribution in [2.75, 3.05) is 0 Å². The highest BCUT2D eigenvalue weighted by atomic mass is 16.5. The maximum absolute atomic E-state index is 4.65. The molecule has 0 aliphatic carbocycles. The van der Waals surface area contributed by atoms with E-state index < -0.39 is 0 Å². The van der Waals surface area contributed by atoms with Crippen molar-refractivity contribution in [3.8, 4) is 22.6 Å². The van der Waals surface area contributed by atoms with E-state index in [9.17, 15) is 0 Å². The summed E-state index contributed by atoms with van der Waals surface area (Å²) in [4.78, 5) is 4.21. The number of nitrogens with zero attached hydrogens (tertiary/aromatic N) is 5. The Morgan fingerprint density at radius 1 is 0.812 bits per heavy atom. The summed E-state index contributed by atoms with van der Waals surface area (Å²) >= 11 is 0. The Morgan fingerprint density at radius 3 is 2.12 bits per heavy atom. The third-order valence-electron chi connectivity index (χ3n) is 2.04. The first-order valence-corrected chi connectivity index (χ1v) is 4.44. The van der Waals surface area contributed by atoms with Gasteiger partial charge in [-0.05, 0) is 12.1 Å². The van der Waals surface area contributed by atoms with E-state index >= 15 is 0 Å². The largest absolute Gasteiger partial charge is 0.345 e. The minimum atomic E-state index is 0.588. The van der Waals surface area contributed by atoms with Crippen LogP contribution >= 0.6 is 0 Å². The fraction of sp³-hybridized carbons (Fsp3) is 0. The summed E-state index contributed by atoms with van der Waals surface area (Å²) in [6.07, 6.45) is 4.54. The second kappa shape index (κ2) is 3.54. The first-order valence-electron chi connectivity index (χ1n) is 4.44. The van der Waals surface area contributed by atoms with Gasteiger partial charge in [-0.15, -0.1) is 10.2 Å². The van der Waals surface area contributed by atoms with Crippen molar-refractivity contribution in [3.05, 3.63) is 30.9 Å². The van der Waals surface area contributed by atoms with Crippen LogP contribution in [0.4, 0.5) is 0 Å². The van der Waals surface area contributed by atoms with Gasteiger partial charge in [0.2, 0.25) is 0 Å². The summed E-state index contributed by atoms with van der Waals surface area (Å²) in [6, 6.07) is 3.64. The first-order chi connectivity index (χ1) is 7.93. The summed E-state index contributed by atoms with van der Waals surface area (Å²) in [5.74, 6) is 0. The average Bonchev–Trinajstić information content (AvgIpc) is 3.03. The van der Waals surface area contributed by atoms with Gasteiger partial charge in [-0.1, -0.05) is 0 Å². The molecule has 0 saturated carbocycles. The van der Waals surface area contributed by atoms with Crippen LogP contribution in [0.5, 0.6) is 0 Å². The van der Waals surface area contributed by atoms with Crippen LogP contribution in [0, 0.1) is 0 Å². The fourth-order valence-corrected chi connectivity index (χ4v) is 1.26. The van der Waals surface area contributed by atoms with Crippen molar-refractivity contribution in [3.63, 3.8) is 0 Å². The van der Waals surface area contributed by atoms with E-state index in [-0.39, 0.29) is 0 Å². The molecule has 0 N–H and O–H groups in total. The van der Waals surface area contributed by atoms with E-state index in [1.807, 2.05) is 6.07 Å². The van der Waals surface area contributed by atoms with Crippen LogP contribution in [-0.2, 0) is 0 Å². The third kappa shape index (κ3) is 1.44. The maximum atomic E-state index is 4.65. The molecule has 7 heteroatoms. The topological polar surface area (TPSA) is 90.7 Å². The van der Waals surface area contributed by atoms with Gasteiger partial charge < -0.3 is 9.05 Å². The highest BCUT2D eigenvalue weighted by Gasteiger charge is 2.06. The summed E-state index contributed by atoms with van der Waals surface area (Å²) < 4.78 is 9.28. The Labute approximate surface area is 89.1 Å². The lowest BCUT2D eigenvalue weighted by molar-refractivity contribution is 0.392. The zero-order valence-electron chi connectivity index (χ0n) is 7.94. The van der Waals surface area contributed by atoms with Gasteiger partial charge >= 0.3 is 0 Å². The van der Waals surface area contributed by atoms with Gasteiger partial charge in [-0.3, -0.25) is 4.98 Å². The molecule has 0 unspecified atom stereocenters. The molecule has 0 fully saturated rings. The van der Waals surface area contributed by atoms with E-state index in [1.165, 1.54) is 12.5 Å². The van der Waals surface area contributed by atoms with Gasteiger partial charge in [0, 0.05) is 22.3 Å². The molecule has 0 aliphatic rings. The quantitative estimate of drug-likeness (QED) is 0.633. The second-order valence-electron chi connectivity index (χ2n) is 3.01. The predicted octanol–water partition coefficient (Wildman–Crippen LogP) is 1.18. The van der Waals surface area contributed by atoms with Crippen LogP contribution in [0.25, 0.3) is 22.6 Å². The van der Waals surface area contributed by atoms with Crippen LogP contribution < -0.4 is 0 Å². The van der Waals surface area contributed by atoms with E-state index in [0.717, 1.165) is 5.56 Å². The van der Waals surface area contributed by atoms with E-state index in [1.54, 1.807) is 12.3 Å². The molecule has 0 spiro atoms. The minimum absolute atomic E-state index is 0.588. The molecule has 3 aromatic rings. The number of rotatable bonds is 2. The first kappa shape index (κ1) is 8.72. The van der Waals surface area contributed by atoms with Crippen molar-refractivity contribution in [1.82, 2.24) is 25.7 Å². The highest BCUT2D eigenvalue weighted by molar-refractivity contribution is 5.60. The van der Waals surface area contributed by atoms with Crippen LogP contribution in [0.2, 0.25) is 0 Å². The Morgan fingerprint density at radius 2 is 1.56 bits per heavy atom. The lowest BCUT2D eigenvalue weighted by Gasteiger charge is -1.95. The molecular formula is C9H5N5O2. The minimum Gasteiger partial charge on any atom is -0.345 e. The van der Waals surface area contributed by atoms with Crippen molar-refractivity contribution in [2.45, 2.75) is 0 Å². The van der Waals surface area contributed by atoms with Gasteiger partial charge in [0.05, 0.1) is 5.69 Å². The van der Waals surface area contributed by atoms with E-state index in [4.69, 9.17) is 0 Å². The lowest BCUT2D eigenvalue weighted by Crippen LogP contribution is -1.85. The molecule has 0 radical (unpaired) electrons. The normalized spacial score (nSPS) is 10.5. The Hall–Kier alpha value is -2.57. The summed E-state index contributed by atoms with van der Waals surface area (Å²) in [6.45, 7) is 0. The molecule has 0 aromatic carbocycles. The second-order valence-corrected chi connectivity index (χ2v) is 3.01. The Balaban J connectivity index is 1.97.